The van der Waals surface area contributed by atoms with Crippen molar-refractivity contribution in [3.8, 4) is 0 Å². The minimum absolute atomic E-state index is 0.106. The van der Waals surface area contributed by atoms with Gasteiger partial charge in [-0.2, -0.15) is 0 Å². The van der Waals surface area contributed by atoms with Crippen molar-refractivity contribution in [2.24, 2.45) is 0 Å². The average Bonchev–Trinajstić information content (AvgIpc) is 2.99. The molecule has 0 fully saturated rings. The number of rotatable bonds is 10. The molecule has 0 bridgehead atoms. The molecule has 26 heavy (non-hydrogen) atoms. The Kier molecular flexibility index (Phi) is 7.08. The number of imidazole rings is 1. The van der Waals surface area contributed by atoms with Crippen LogP contribution in [0.5, 0.6) is 0 Å². The molecule has 0 atom stereocenters. The smallest absolute Gasteiger partial charge is 0.326 e. The first kappa shape index (κ1) is 20.7. The number of aliphatic hydroxyl groups is 1. The summed E-state index contributed by atoms with van der Waals surface area (Å²) in [5.74, 6) is 0.695. The summed E-state index contributed by atoms with van der Waals surface area (Å²) < 4.78 is 14.4. The Labute approximate surface area is 151 Å². The molecule has 0 amide bonds. The predicted octanol–water partition coefficient (Wildman–Crippen LogP) is -0.353. The first-order valence-corrected chi connectivity index (χ1v) is 10.4. The van der Waals surface area contributed by atoms with Crippen LogP contribution in [0.1, 0.15) is 19.7 Å². The van der Waals surface area contributed by atoms with Gasteiger partial charge < -0.3 is 19.5 Å². The molecule has 0 unspecified atom stereocenters. The molecule has 0 aliphatic rings. The zero-order valence-corrected chi connectivity index (χ0v) is 16.0. The van der Waals surface area contributed by atoms with Crippen molar-refractivity contribution in [1.29, 1.82) is 0 Å². The van der Waals surface area contributed by atoms with Crippen LogP contribution in [0, 0.1) is 0 Å². The van der Waals surface area contributed by atoms with Gasteiger partial charge in [-0.05, 0) is 6.92 Å². The molecule has 2 aromatic rings. The lowest BCUT2D eigenvalue weighted by molar-refractivity contribution is 0.196. The summed E-state index contributed by atoms with van der Waals surface area (Å²) in [6.07, 6.45) is 1.92. The largest absolute Gasteiger partial charge is 0.395 e. The molecule has 0 saturated heterocycles. The van der Waals surface area contributed by atoms with Crippen molar-refractivity contribution in [3.63, 3.8) is 0 Å². The zero-order chi connectivity index (χ0) is 19.3. The highest BCUT2D eigenvalue weighted by Crippen LogP contribution is 2.33. The van der Waals surface area contributed by atoms with E-state index in [0.717, 1.165) is 0 Å². The summed E-state index contributed by atoms with van der Waals surface area (Å²) in [6.45, 7) is 5.63. The number of fused-ring (bicyclic) bond motifs is 1. The maximum absolute atomic E-state index is 12.5. The quantitative estimate of drug-likeness (QED) is 0.471. The lowest BCUT2D eigenvalue weighted by Gasteiger charge is -2.21. The van der Waals surface area contributed by atoms with Gasteiger partial charge in [0.1, 0.15) is 5.82 Å². The first-order valence-electron chi connectivity index (χ1n) is 8.63. The van der Waals surface area contributed by atoms with E-state index >= 15 is 0 Å². The molecule has 3 N–H and O–H groups in total. The third-order valence-electron chi connectivity index (χ3n) is 4.22. The van der Waals surface area contributed by atoms with Gasteiger partial charge in [0.05, 0.1) is 19.1 Å². The average molecular weight is 387 g/mol. The third kappa shape index (κ3) is 4.99. The molecule has 146 valence electrons. The molecule has 0 aliphatic carbocycles. The molecule has 0 saturated carbocycles. The number of aromatic nitrogens is 4. The van der Waals surface area contributed by atoms with Gasteiger partial charge in [0, 0.05) is 39.1 Å². The van der Waals surface area contributed by atoms with E-state index in [4.69, 9.17) is 14.9 Å². The predicted molar refractivity (Wildman–Crippen MR) is 97.3 cm³/mol. The van der Waals surface area contributed by atoms with Gasteiger partial charge in [-0.3, -0.25) is 18.8 Å². The summed E-state index contributed by atoms with van der Waals surface area (Å²) in [4.78, 5) is 41.1. The maximum atomic E-state index is 12.5. The minimum atomic E-state index is -4.09. The Morgan fingerprint density at radius 3 is 2.54 bits per heavy atom. The van der Waals surface area contributed by atoms with Crippen LogP contribution in [0.4, 0.5) is 0 Å². The molecule has 2 rings (SSSR count). The Morgan fingerprint density at radius 2 is 1.96 bits per heavy atom. The van der Waals surface area contributed by atoms with Crippen LogP contribution in [-0.4, -0.2) is 71.3 Å². The van der Waals surface area contributed by atoms with Crippen molar-refractivity contribution in [1.82, 2.24) is 24.0 Å². The van der Waals surface area contributed by atoms with Crippen molar-refractivity contribution in [3.05, 3.63) is 22.5 Å². The van der Waals surface area contributed by atoms with E-state index in [1.807, 2.05) is 13.8 Å². The highest BCUT2D eigenvalue weighted by atomic mass is 31.2. The van der Waals surface area contributed by atoms with Gasteiger partial charge >= 0.3 is 7.60 Å². The van der Waals surface area contributed by atoms with E-state index in [1.165, 1.54) is 0 Å². The van der Waals surface area contributed by atoms with Crippen molar-refractivity contribution >= 4 is 18.8 Å². The number of hydrogen-bond donors (Lipinski definition) is 3. The molecule has 0 radical (unpaired) electrons. The van der Waals surface area contributed by atoms with E-state index < -0.39 is 7.60 Å². The van der Waals surface area contributed by atoms with Crippen LogP contribution in [0.2, 0.25) is 0 Å². The normalized spacial score (nSPS) is 12.4. The van der Waals surface area contributed by atoms with Gasteiger partial charge in [-0.1, -0.05) is 6.92 Å². The lowest BCUT2D eigenvalue weighted by Crippen LogP contribution is -2.33. The van der Waals surface area contributed by atoms with Crippen molar-refractivity contribution in [2.75, 3.05) is 32.4 Å². The summed E-state index contributed by atoms with van der Waals surface area (Å²) >= 11 is 0. The molecule has 2 aromatic heterocycles. The zero-order valence-electron chi connectivity index (χ0n) is 15.1. The van der Waals surface area contributed by atoms with Crippen LogP contribution in [-0.2, 0) is 24.1 Å². The molecule has 0 spiro atoms. The van der Waals surface area contributed by atoms with Crippen LogP contribution in [0.3, 0.4) is 0 Å². The van der Waals surface area contributed by atoms with E-state index in [9.17, 15) is 9.36 Å². The van der Waals surface area contributed by atoms with E-state index in [0.29, 0.717) is 49.6 Å². The van der Waals surface area contributed by atoms with Crippen LogP contribution in [0.25, 0.3) is 11.2 Å². The summed E-state index contributed by atoms with van der Waals surface area (Å²) in [5, 5.41) is 9.15. The van der Waals surface area contributed by atoms with E-state index in [2.05, 4.69) is 9.97 Å². The van der Waals surface area contributed by atoms with Crippen LogP contribution < -0.4 is 5.56 Å². The fraction of sp³-hybridized carbons (Fsp3) is 0.667. The molecule has 0 aliphatic heterocycles. The molecule has 0 aromatic carbocycles. The van der Waals surface area contributed by atoms with Crippen molar-refractivity contribution < 1.29 is 19.5 Å². The second kappa shape index (κ2) is 8.88. The fourth-order valence-corrected chi connectivity index (χ4v) is 3.37. The number of aryl methyl sites for hydroxylation is 1. The number of hydrogen-bond acceptors (Lipinski definition) is 6. The molecule has 11 heteroatoms. The summed E-state index contributed by atoms with van der Waals surface area (Å²) in [6, 6.07) is 0. The van der Waals surface area contributed by atoms with Gasteiger partial charge in [-0.25, -0.2) is 9.97 Å². The van der Waals surface area contributed by atoms with Gasteiger partial charge in [-0.15, -0.1) is 0 Å². The van der Waals surface area contributed by atoms with Crippen LogP contribution >= 0.6 is 7.60 Å². The standard InChI is InChI=1S/C15H26N5O5P/c1-3-12-17-14-13(15(22)20(12)4-2)16-11-19(14)6-5-18(7-9-21)8-10-26(23,24)25/h11,21H,3-10H2,1-2H3,(H2,23,24,25). The second-order valence-electron chi connectivity index (χ2n) is 5.99. The van der Waals surface area contributed by atoms with E-state index in [1.54, 1.807) is 20.4 Å². The molecular weight excluding hydrogens is 361 g/mol. The fourth-order valence-electron chi connectivity index (χ4n) is 2.83. The van der Waals surface area contributed by atoms with Gasteiger partial charge in [0.25, 0.3) is 5.56 Å². The second-order valence-corrected chi connectivity index (χ2v) is 7.77. The Bertz CT molecular complexity index is 843. The Hall–Kier alpha value is -1.58. The first-order chi connectivity index (χ1) is 12.3. The topological polar surface area (TPSA) is 134 Å². The number of aliphatic hydroxyl groups excluding tert-OH is 1. The van der Waals surface area contributed by atoms with E-state index in [-0.39, 0.29) is 24.9 Å². The number of nitrogens with zero attached hydrogens (tertiary/aromatic N) is 5. The Morgan fingerprint density at radius 1 is 1.23 bits per heavy atom. The van der Waals surface area contributed by atoms with Crippen molar-refractivity contribution in [2.45, 2.75) is 33.4 Å². The van der Waals surface area contributed by atoms with Gasteiger partial charge in [0.2, 0.25) is 0 Å². The highest BCUT2D eigenvalue weighted by Gasteiger charge is 2.17. The van der Waals surface area contributed by atoms with Gasteiger partial charge in [0.15, 0.2) is 11.2 Å². The molecule has 10 nitrogen and oxygen atoms in total. The maximum Gasteiger partial charge on any atom is 0.326 e. The summed E-state index contributed by atoms with van der Waals surface area (Å²) in [5.41, 5.74) is 0.658. The monoisotopic (exact) mass is 387 g/mol. The SMILES string of the molecule is CCc1nc2c(ncn2CCN(CCO)CCP(=O)(O)O)c(=O)n1CC. The molecule has 2 heterocycles. The summed E-state index contributed by atoms with van der Waals surface area (Å²) in [7, 11) is -4.09. The lowest BCUT2D eigenvalue weighted by atomic mass is 10.4. The van der Waals surface area contributed by atoms with Crippen LogP contribution in [0.15, 0.2) is 11.1 Å². The third-order valence-corrected chi connectivity index (χ3v) is 5.00. The Balaban J connectivity index is 2.20. The highest BCUT2D eigenvalue weighted by molar-refractivity contribution is 7.51. The minimum Gasteiger partial charge on any atom is -0.395 e. The molecular formula is C15H26N5O5P.